The number of rotatable bonds is 9. The predicted molar refractivity (Wildman–Crippen MR) is 116 cm³/mol. The molecule has 0 fully saturated rings. The first kappa shape index (κ1) is 22.2. The van der Waals surface area contributed by atoms with Crippen LogP contribution < -0.4 is 4.74 Å². The van der Waals surface area contributed by atoms with Gasteiger partial charge >= 0.3 is 12.6 Å². The molecule has 3 aromatic rings. The van der Waals surface area contributed by atoms with Crippen molar-refractivity contribution in [2.75, 3.05) is 6.61 Å². The SMILES string of the molecule is CCOC(=O)C(Cc1cccc(OC(F)F)c1)N=C(c1ccccc1)c1ccccc1. The molecular formula is C25H23F2NO3. The molecule has 1 atom stereocenters. The molecule has 3 aromatic carbocycles. The first-order valence-corrected chi connectivity index (χ1v) is 9.96. The summed E-state index contributed by atoms with van der Waals surface area (Å²) in [5, 5.41) is 0. The van der Waals surface area contributed by atoms with E-state index in [4.69, 9.17) is 9.73 Å². The zero-order valence-corrected chi connectivity index (χ0v) is 17.1. The van der Waals surface area contributed by atoms with E-state index in [2.05, 4.69) is 4.74 Å². The number of carbonyl (C=O) groups excluding carboxylic acids is 1. The number of alkyl halides is 2. The minimum Gasteiger partial charge on any atom is -0.464 e. The van der Waals surface area contributed by atoms with E-state index < -0.39 is 18.6 Å². The molecule has 0 N–H and O–H groups in total. The number of nitrogens with zero attached hydrogens (tertiary/aromatic N) is 1. The van der Waals surface area contributed by atoms with Crippen molar-refractivity contribution in [2.45, 2.75) is 26.0 Å². The lowest BCUT2D eigenvalue weighted by Gasteiger charge is -2.16. The molecule has 31 heavy (non-hydrogen) atoms. The third kappa shape index (κ3) is 6.47. The zero-order chi connectivity index (χ0) is 22.1. The Hall–Kier alpha value is -3.54. The van der Waals surface area contributed by atoms with E-state index in [1.165, 1.54) is 12.1 Å². The van der Waals surface area contributed by atoms with Crippen LogP contribution in [0.1, 0.15) is 23.6 Å². The highest BCUT2D eigenvalue weighted by Crippen LogP contribution is 2.20. The molecule has 0 saturated carbocycles. The average molecular weight is 423 g/mol. The maximum atomic E-state index is 12.7. The molecule has 1 unspecified atom stereocenters. The lowest BCUT2D eigenvalue weighted by molar-refractivity contribution is -0.144. The molecular weight excluding hydrogens is 400 g/mol. The van der Waals surface area contributed by atoms with Crippen molar-refractivity contribution in [2.24, 2.45) is 4.99 Å². The second-order valence-electron chi connectivity index (χ2n) is 6.71. The third-order valence-electron chi connectivity index (χ3n) is 4.49. The fourth-order valence-electron chi connectivity index (χ4n) is 3.16. The predicted octanol–water partition coefficient (Wildman–Crippen LogP) is 5.30. The van der Waals surface area contributed by atoms with Gasteiger partial charge in [-0.1, -0.05) is 72.8 Å². The summed E-state index contributed by atoms with van der Waals surface area (Å²) in [5.74, 6) is -0.447. The van der Waals surface area contributed by atoms with Gasteiger partial charge in [-0.2, -0.15) is 8.78 Å². The Balaban J connectivity index is 2.00. The second-order valence-corrected chi connectivity index (χ2v) is 6.71. The van der Waals surface area contributed by atoms with Crippen LogP contribution in [0.2, 0.25) is 0 Å². The average Bonchev–Trinajstić information content (AvgIpc) is 2.78. The van der Waals surface area contributed by atoms with Crippen LogP contribution in [-0.4, -0.2) is 30.9 Å². The van der Waals surface area contributed by atoms with Gasteiger partial charge in [-0.25, -0.2) is 4.79 Å². The number of carbonyl (C=O) groups is 1. The maximum absolute atomic E-state index is 12.7. The van der Waals surface area contributed by atoms with Gasteiger partial charge in [0.2, 0.25) is 0 Å². The molecule has 0 aromatic heterocycles. The van der Waals surface area contributed by atoms with Gasteiger partial charge in [0.1, 0.15) is 5.75 Å². The Bertz CT molecular complexity index is 966. The van der Waals surface area contributed by atoms with E-state index in [1.807, 2.05) is 60.7 Å². The second kappa shape index (κ2) is 11.0. The van der Waals surface area contributed by atoms with E-state index in [0.717, 1.165) is 11.1 Å². The van der Waals surface area contributed by atoms with Gasteiger partial charge in [0.05, 0.1) is 12.3 Å². The molecule has 0 radical (unpaired) electrons. The van der Waals surface area contributed by atoms with Gasteiger partial charge in [0.25, 0.3) is 0 Å². The minimum absolute atomic E-state index is 0.0328. The van der Waals surface area contributed by atoms with Gasteiger partial charge in [0, 0.05) is 17.5 Å². The number of benzene rings is 3. The number of ether oxygens (including phenoxy) is 2. The molecule has 3 rings (SSSR count). The van der Waals surface area contributed by atoms with Crippen molar-refractivity contribution < 1.29 is 23.0 Å². The van der Waals surface area contributed by atoms with Crippen LogP contribution >= 0.6 is 0 Å². The molecule has 4 nitrogen and oxygen atoms in total. The smallest absolute Gasteiger partial charge is 0.387 e. The molecule has 0 aliphatic carbocycles. The summed E-state index contributed by atoms with van der Waals surface area (Å²) in [6.07, 6.45) is 0.183. The van der Waals surface area contributed by atoms with Gasteiger partial charge in [-0.05, 0) is 24.6 Å². The zero-order valence-electron chi connectivity index (χ0n) is 17.1. The van der Waals surface area contributed by atoms with Gasteiger partial charge < -0.3 is 9.47 Å². The fraction of sp³-hybridized carbons (Fsp3) is 0.200. The normalized spacial score (nSPS) is 11.6. The number of esters is 1. The Morgan fingerprint density at radius 2 is 1.52 bits per heavy atom. The molecule has 0 saturated heterocycles. The van der Waals surface area contributed by atoms with Gasteiger partial charge in [-0.15, -0.1) is 0 Å². The highest BCUT2D eigenvalue weighted by Gasteiger charge is 2.22. The molecule has 0 spiro atoms. The summed E-state index contributed by atoms with van der Waals surface area (Å²) in [5.41, 5.74) is 3.01. The van der Waals surface area contributed by atoms with Crippen molar-refractivity contribution in [3.05, 3.63) is 102 Å². The summed E-state index contributed by atoms with van der Waals surface area (Å²) in [4.78, 5) is 17.5. The summed E-state index contributed by atoms with van der Waals surface area (Å²) < 4.78 is 34.9. The van der Waals surface area contributed by atoms with E-state index in [-0.39, 0.29) is 18.8 Å². The Labute approximate surface area is 180 Å². The number of hydrogen-bond acceptors (Lipinski definition) is 4. The highest BCUT2D eigenvalue weighted by molar-refractivity contribution is 6.13. The van der Waals surface area contributed by atoms with Crippen LogP contribution in [0.5, 0.6) is 5.75 Å². The first-order valence-electron chi connectivity index (χ1n) is 9.96. The standard InChI is InChI=1S/C25H23F2NO3/c1-2-30-24(29)22(17-18-10-9-15-21(16-18)31-25(26)27)28-23(19-11-5-3-6-12-19)20-13-7-4-8-14-20/h3-16,22,25H,2,17H2,1H3. The van der Waals surface area contributed by atoms with E-state index in [0.29, 0.717) is 11.3 Å². The van der Waals surface area contributed by atoms with E-state index in [9.17, 15) is 13.6 Å². The Morgan fingerprint density at radius 3 is 2.06 bits per heavy atom. The number of aliphatic imine (C=N–C) groups is 1. The quantitative estimate of drug-likeness (QED) is 0.347. The van der Waals surface area contributed by atoms with Crippen LogP contribution in [0.3, 0.4) is 0 Å². The minimum atomic E-state index is -2.92. The molecule has 0 amide bonds. The fourth-order valence-corrected chi connectivity index (χ4v) is 3.16. The first-order chi connectivity index (χ1) is 15.1. The monoisotopic (exact) mass is 423 g/mol. The molecule has 0 bridgehead atoms. The van der Waals surface area contributed by atoms with Crippen molar-refractivity contribution >= 4 is 11.7 Å². The topological polar surface area (TPSA) is 47.9 Å². The van der Waals surface area contributed by atoms with Crippen LogP contribution in [0.4, 0.5) is 8.78 Å². The van der Waals surface area contributed by atoms with Crippen molar-refractivity contribution in [3.8, 4) is 5.75 Å². The maximum Gasteiger partial charge on any atom is 0.387 e. The Kier molecular flexibility index (Phi) is 7.87. The number of hydrogen-bond donors (Lipinski definition) is 0. The van der Waals surface area contributed by atoms with Gasteiger partial charge in [0.15, 0.2) is 6.04 Å². The van der Waals surface area contributed by atoms with Crippen molar-refractivity contribution in [1.29, 1.82) is 0 Å². The van der Waals surface area contributed by atoms with Crippen LogP contribution in [0, 0.1) is 0 Å². The summed E-state index contributed by atoms with van der Waals surface area (Å²) in [7, 11) is 0. The van der Waals surface area contributed by atoms with Crippen LogP contribution in [-0.2, 0) is 16.0 Å². The largest absolute Gasteiger partial charge is 0.464 e. The van der Waals surface area contributed by atoms with Crippen LogP contribution in [0.25, 0.3) is 0 Å². The molecule has 6 heteroatoms. The van der Waals surface area contributed by atoms with Crippen molar-refractivity contribution in [1.82, 2.24) is 0 Å². The molecule has 0 heterocycles. The van der Waals surface area contributed by atoms with Gasteiger partial charge in [-0.3, -0.25) is 4.99 Å². The summed E-state index contributed by atoms with van der Waals surface area (Å²) >= 11 is 0. The summed E-state index contributed by atoms with van der Waals surface area (Å²) in [6.45, 7) is -0.979. The van der Waals surface area contributed by atoms with E-state index in [1.54, 1.807) is 19.1 Å². The lowest BCUT2D eigenvalue weighted by Crippen LogP contribution is -2.26. The molecule has 0 aliphatic rings. The molecule has 160 valence electrons. The molecule has 0 aliphatic heterocycles. The summed E-state index contributed by atoms with van der Waals surface area (Å²) in [6, 6.07) is 24.5. The van der Waals surface area contributed by atoms with E-state index >= 15 is 0 Å². The Morgan fingerprint density at radius 1 is 0.903 bits per heavy atom. The highest BCUT2D eigenvalue weighted by atomic mass is 19.3. The van der Waals surface area contributed by atoms with Crippen LogP contribution in [0.15, 0.2) is 89.9 Å². The number of halogens is 2. The van der Waals surface area contributed by atoms with Crippen molar-refractivity contribution in [3.63, 3.8) is 0 Å². The third-order valence-corrected chi connectivity index (χ3v) is 4.49. The lowest BCUT2D eigenvalue weighted by atomic mass is 10.0.